The first kappa shape index (κ1) is 12.2. The quantitative estimate of drug-likeness (QED) is 0.711. The summed E-state index contributed by atoms with van der Waals surface area (Å²) in [6.07, 6.45) is 0.0347. The molecular weight excluding hydrogens is 198 g/mol. The summed E-state index contributed by atoms with van der Waals surface area (Å²) < 4.78 is 18.6. The topological polar surface area (TPSA) is 49.7 Å². The van der Waals surface area contributed by atoms with Gasteiger partial charge in [0, 0.05) is 5.56 Å². The molecule has 2 N–H and O–H groups in total. The Bertz CT molecular complexity index is 328. The van der Waals surface area contributed by atoms with Gasteiger partial charge >= 0.3 is 7.12 Å². The summed E-state index contributed by atoms with van der Waals surface area (Å²) in [5.41, 5.74) is 0.550. The van der Waals surface area contributed by atoms with Gasteiger partial charge in [-0.15, -0.1) is 0 Å². The zero-order valence-corrected chi connectivity index (χ0v) is 8.77. The largest absolute Gasteiger partial charge is 0.488 e. The minimum atomic E-state index is -1.64. The molecule has 5 heteroatoms. The molecule has 0 radical (unpaired) electrons. The molecule has 0 saturated heterocycles. The van der Waals surface area contributed by atoms with Crippen LogP contribution in [0.2, 0.25) is 0 Å². The van der Waals surface area contributed by atoms with Gasteiger partial charge < -0.3 is 14.8 Å². The van der Waals surface area contributed by atoms with E-state index in [-0.39, 0.29) is 18.2 Å². The molecule has 0 saturated carbocycles. The van der Waals surface area contributed by atoms with Crippen molar-refractivity contribution < 1.29 is 19.2 Å². The molecule has 0 unspecified atom stereocenters. The van der Waals surface area contributed by atoms with Crippen LogP contribution in [0.1, 0.15) is 19.4 Å². The summed E-state index contributed by atoms with van der Waals surface area (Å²) in [4.78, 5) is 0. The molecule has 1 aromatic rings. The maximum Gasteiger partial charge on any atom is 0.488 e. The number of hydrogen-bond donors (Lipinski definition) is 2. The average Bonchev–Trinajstić information content (AvgIpc) is 2.15. The Morgan fingerprint density at radius 1 is 1.40 bits per heavy atom. The van der Waals surface area contributed by atoms with Crippen LogP contribution in [0.4, 0.5) is 4.39 Å². The molecular formula is C10H14BFO3. The highest BCUT2D eigenvalue weighted by Crippen LogP contribution is 2.08. The second-order valence-electron chi connectivity index (χ2n) is 3.58. The van der Waals surface area contributed by atoms with Gasteiger partial charge in [-0.05, 0) is 25.4 Å². The third kappa shape index (κ3) is 3.62. The van der Waals surface area contributed by atoms with E-state index < -0.39 is 12.9 Å². The highest BCUT2D eigenvalue weighted by atomic mass is 19.1. The monoisotopic (exact) mass is 212 g/mol. The van der Waals surface area contributed by atoms with Crippen molar-refractivity contribution in [1.82, 2.24) is 0 Å². The van der Waals surface area contributed by atoms with E-state index in [0.717, 1.165) is 6.07 Å². The Morgan fingerprint density at radius 2 is 2.07 bits per heavy atom. The van der Waals surface area contributed by atoms with E-state index >= 15 is 0 Å². The van der Waals surface area contributed by atoms with Crippen molar-refractivity contribution in [3.63, 3.8) is 0 Å². The summed E-state index contributed by atoms with van der Waals surface area (Å²) >= 11 is 0. The predicted molar refractivity (Wildman–Crippen MR) is 56.2 cm³/mol. The molecule has 0 bridgehead atoms. The Balaban J connectivity index is 2.75. The van der Waals surface area contributed by atoms with Crippen LogP contribution in [0.5, 0.6) is 0 Å². The molecule has 0 aliphatic heterocycles. The summed E-state index contributed by atoms with van der Waals surface area (Å²) in [5, 5.41) is 17.6. The lowest BCUT2D eigenvalue weighted by Crippen LogP contribution is -2.30. The molecule has 0 fully saturated rings. The van der Waals surface area contributed by atoms with E-state index in [1.165, 1.54) is 12.1 Å². The molecule has 3 nitrogen and oxygen atoms in total. The van der Waals surface area contributed by atoms with Crippen molar-refractivity contribution in [1.29, 1.82) is 0 Å². The molecule has 0 amide bonds. The van der Waals surface area contributed by atoms with Crippen molar-refractivity contribution >= 4 is 12.6 Å². The van der Waals surface area contributed by atoms with Crippen LogP contribution in [0, 0.1) is 5.82 Å². The SMILES string of the molecule is CC(C)OCc1ccc(B(O)O)cc1F. The molecule has 1 aromatic carbocycles. The van der Waals surface area contributed by atoms with Crippen molar-refractivity contribution in [2.24, 2.45) is 0 Å². The highest BCUT2D eigenvalue weighted by Gasteiger charge is 2.13. The van der Waals surface area contributed by atoms with Crippen molar-refractivity contribution in [2.45, 2.75) is 26.6 Å². The lowest BCUT2D eigenvalue weighted by atomic mass is 9.80. The molecule has 1 rings (SSSR count). The molecule has 0 spiro atoms. The van der Waals surface area contributed by atoms with Crippen LogP contribution in [-0.4, -0.2) is 23.3 Å². The van der Waals surface area contributed by atoms with Crippen LogP contribution in [0.3, 0.4) is 0 Å². The standard InChI is InChI=1S/C10H14BFO3/c1-7(2)15-6-8-3-4-9(11(13)14)5-10(8)12/h3-5,7,13-14H,6H2,1-2H3. The van der Waals surface area contributed by atoms with E-state index in [9.17, 15) is 4.39 Å². The summed E-state index contributed by atoms with van der Waals surface area (Å²) in [6, 6.07) is 4.06. The van der Waals surface area contributed by atoms with Crippen LogP contribution >= 0.6 is 0 Å². The van der Waals surface area contributed by atoms with Gasteiger partial charge in [0.25, 0.3) is 0 Å². The maximum absolute atomic E-state index is 13.4. The Hall–Kier alpha value is -0.905. The molecule has 15 heavy (non-hydrogen) atoms. The normalized spacial score (nSPS) is 10.8. The summed E-state index contributed by atoms with van der Waals surface area (Å²) in [5.74, 6) is -0.485. The lowest BCUT2D eigenvalue weighted by Gasteiger charge is -2.09. The van der Waals surface area contributed by atoms with Crippen LogP contribution in [-0.2, 0) is 11.3 Å². The Kier molecular flexibility index (Phi) is 4.26. The molecule has 0 aromatic heterocycles. The third-order valence-electron chi connectivity index (χ3n) is 1.95. The Morgan fingerprint density at radius 3 is 2.53 bits per heavy atom. The van der Waals surface area contributed by atoms with Crippen LogP contribution in [0.15, 0.2) is 18.2 Å². The fourth-order valence-electron chi connectivity index (χ4n) is 1.10. The second-order valence-corrected chi connectivity index (χ2v) is 3.58. The van der Waals surface area contributed by atoms with Gasteiger partial charge in [0.15, 0.2) is 0 Å². The molecule has 82 valence electrons. The minimum absolute atomic E-state index is 0.0347. The zero-order chi connectivity index (χ0) is 11.4. The van der Waals surface area contributed by atoms with E-state index in [2.05, 4.69) is 0 Å². The van der Waals surface area contributed by atoms with Crippen LogP contribution < -0.4 is 5.46 Å². The number of halogens is 1. The van der Waals surface area contributed by atoms with E-state index in [1.54, 1.807) is 0 Å². The van der Waals surface area contributed by atoms with Gasteiger partial charge in [0.2, 0.25) is 0 Å². The smallest absolute Gasteiger partial charge is 0.423 e. The van der Waals surface area contributed by atoms with Crippen molar-refractivity contribution in [3.8, 4) is 0 Å². The lowest BCUT2D eigenvalue weighted by molar-refractivity contribution is 0.0639. The third-order valence-corrected chi connectivity index (χ3v) is 1.95. The molecule has 0 aliphatic carbocycles. The van der Waals surface area contributed by atoms with Gasteiger partial charge in [-0.1, -0.05) is 12.1 Å². The maximum atomic E-state index is 13.4. The minimum Gasteiger partial charge on any atom is -0.423 e. The first-order valence-electron chi connectivity index (χ1n) is 4.76. The molecule has 0 aliphatic rings. The van der Waals surface area contributed by atoms with E-state index in [1.807, 2.05) is 13.8 Å². The Labute approximate surface area is 88.7 Å². The van der Waals surface area contributed by atoms with E-state index in [4.69, 9.17) is 14.8 Å². The first-order valence-corrected chi connectivity index (χ1v) is 4.76. The molecule has 0 heterocycles. The van der Waals surface area contributed by atoms with Crippen LogP contribution in [0.25, 0.3) is 0 Å². The fraction of sp³-hybridized carbons (Fsp3) is 0.400. The van der Waals surface area contributed by atoms with Gasteiger partial charge in [-0.25, -0.2) is 4.39 Å². The van der Waals surface area contributed by atoms with E-state index in [0.29, 0.717) is 5.56 Å². The zero-order valence-electron chi connectivity index (χ0n) is 8.77. The predicted octanol–water partition coefficient (Wildman–Crippen LogP) is 0.430. The van der Waals surface area contributed by atoms with Crippen molar-refractivity contribution in [2.75, 3.05) is 0 Å². The fourth-order valence-corrected chi connectivity index (χ4v) is 1.10. The van der Waals surface area contributed by atoms with Gasteiger partial charge in [0.05, 0.1) is 12.7 Å². The summed E-state index contributed by atoms with van der Waals surface area (Å²) in [7, 11) is -1.64. The first-order chi connectivity index (χ1) is 7.00. The number of ether oxygens (including phenoxy) is 1. The van der Waals surface area contributed by atoms with Gasteiger partial charge in [0.1, 0.15) is 5.82 Å². The number of benzene rings is 1. The van der Waals surface area contributed by atoms with Crippen molar-refractivity contribution in [3.05, 3.63) is 29.6 Å². The average molecular weight is 212 g/mol. The van der Waals surface area contributed by atoms with Gasteiger partial charge in [-0.3, -0.25) is 0 Å². The van der Waals surface area contributed by atoms with Gasteiger partial charge in [-0.2, -0.15) is 0 Å². The number of hydrogen-bond acceptors (Lipinski definition) is 3. The number of rotatable bonds is 4. The summed E-state index contributed by atoms with van der Waals surface area (Å²) in [6.45, 7) is 3.92. The highest BCUT2D eigenvalue weighted by molar-refractivity contribution is 6.58. The molecule has 0 atom stereocenters. The second kappa shape index (κ2) is 5.25.